The van der Waals surface area contributed by atoms with E-state index in [0.29, 0.717) is 5.88 Å². The van der Waals surface area contributed by atoms with Crippen LogP contribution in [0, 0.1) is 0 Å². The molecular formula is C16H14N2O. The number of anilines is 2. The second-order valence-corrected chi connectivity index (χ2v) is 4.25. The molecule has 1 aromatic heterocycles. The SMILES string of the molecule is COc1nccc2cc(Nc3ccccc3)ccc12. The van der Waals surface area contributed by atoms with Crippen LogP contribution in [0.1, 0.15) is 0 Å². The Bertz CT molecular complexity index is 695. The van der Waals surface area contributed by atoms with Crippen molar-refractivity contribution in [1.82, 2.24) is 4.98 Å². The maximum atomic E-state index is 5.25. The highest BCUT2D eigenvalue weighted by Gasteiger charge is 2.03. The molecule has 3 rings (SSSR count). The number of aromatic nitrogens is 1. The number of ether oxygens (including phenoxy) is 1. The van der Waals surface area contributed by atoms with Crippen molar-refractivity contribution in [3.8, 4) is 5.88 Å². The summed E-state index contributed by atoms with van der Waals surface area (Å²) in [5, 5.41) is 5.49. The number of para-hydroxylation sites is 1. The fourth-order valence-electron chi connectivity index (χ4n) is 2.08. The Labute approximate surface area is 111 Å². The predicted molar refractivity (Wildman–Crippen MR) is 78.0 cm³/mol. The summed E-state index contributed by atoms with van der Waals surface area (Å²) < 4.78 is 5.25. The number of nitrogens with one attached hydrogen (secondary N) is 1. The zero-order valence-electron chi connectivity index (χ0n) is 10.6. The Kier molecular flexibility index (Phi) is 3.02. The molecule has 0 saturated carbocycles. The molecule has 3 aromatic rings. The highest BCUT2D eigenvalue weighted by Crippen LogP contribution is 2.26. The van der Waals surface area contributed by atoms with Gasteiger partial charge in [-0.25, -0.2) is 4.98 Å². The third-order valence-electron chi connectivity index (χ3n) is 2.98. The standard InChI is InChI=1S/C16H14N2O/c1-19-16-15-8-7-14(11-12(15)9-10-17-16)18-13-5-3-2-4-6-13/h2-11,18H,1H3. The number of hydrogen-bond donors (Lipinski definition) is 1. The summed E-state index contributed by atoms with van der Waals surface area (Å²) >= 11 is 0. The van der Waals surface area contributed by atoms with Crippen molar-refractivity contribution >= 4 is 22.1 Å². The molecule has 0 spiro atoms. The smallest absolute Gasteiger partial charge is 0.221 e. The summed E-state index contributed by atoms with van der Waals surface area (Å²) in [5.74, 6) is 0.656. The molecule has 0 atom stereocenters. The van der Waals surface area contributed by atoms with Crippen molar-refractivity contribution in [2.45, 2.75) is 0 Å². The zero-order chi connectivity index (χ0) is 13.1. The van der Waals surface area contributed by atoms with Gasteiger partial charge < -0.3 is 10.1 Å². The quantitative estimate of drug-likeness (QED) is 0.763. The van der Waals surface area contributed by atoms with E-state index in [4.69, 9.17) is 4.74 Å². The molecule has 3 nitrogen and oxygen atoms in total. The molecular weight excluding hydrogens is 236 g/mol. The van der Waals surface area contributed by atoms with Gasteiger partial charge in [0.25, 0.3) is 0 Å². The number of benzene rings is 2. The molecule has 2 aromatic carbocycles. The van der Waals surface area contributed by atoms with E-state index in [-0.39, 0.29) is 0 Å². The van der Waals surface area contributed by atoms with Crippen LogP contribution in [0.15, 0.2) is 60.8 Å². The van der Waals surface area contributed by atoms with Crippen LogP contribution in [0.3, 0.4) is 0 Å². The molecule has 0 aliphatic carbocycles. The van der Waals surface area contributed by atoms with E-state index in [0.717, 1.165) is 22.1 Å². The maximum absolute atomic E-state index is 5.25. The summed E-state index contributed by atoms with van der Waals surface area (Å²) in [6, 6.07) is 18.2. The van der Waals surface area contributed by atoms with Crippen LogP contribution in [-0.4, -0.2) is 12.1 Å². The lowest BCUT2D eigenvalue weighted by molar-refractivity contribution is 0.403. The van der Waals surface area contributed by atoms with Crippen LogP contribution in [0.4, 0.5) is 11.4 Å². The molecule has 0 fully saturated rings. The Balaban J connectivity index is 1.98. The average Bonchev–Trinajstić information content (AvgIpc) is 2.47. The van der Waals surface area contributed by atoms with Gasteiger partial charge >= 0.3 is 0 Å². The normalized spacial score (nSPS) is 10.4. The number of pyridine rings is 1. The van der Waals surface area contributed by atoms with E-state index >= 15 is 0 Å². The molecule has 0 amide bonds. The summed E-state index contributed by atoms with van der Waals surface area (Å²) in [7, 11) is 1.64. The van der Waals surface area contributed by atoms with Crippen molar-refractivity contribution in [2.75, 3.05) is 12.4 Å². The van der Waals surface area contributed by atoms with Gasteiger partial charge in [-0.05, 0) is 41.8 Å². The first-order valence-electron chi connectivity index (χ1n) is 6.11. The molecule has 1 N–H and O–H groups in total. The number of hydrogen-bond acceptors (Lipinski definition) is 3. The van der Waals surface area contributed by atoms with E-state index in [2.05, 4.69) is 16.4 Å². The number of rotatable bonds is 3. The molecule has 19 heavy (non-hydrogen) atoms. The first-order valence-corrected chi connectivity index (χ1v) is 6.11. The zero-order valence-corrected chi connectivity index (χ0v) is 10.6. The minimum absolute atomic E-state index is 0.656. The molecule has 0 aliphatic rings. The predicted octanol–water partition coefficient (Wildman–Crippen LogP) is 3.99. The monoisotopic (exact) mass is 250 g/mol. The first-order chi connectivity index (χ1) is 9.36. The molecule has 0 radical (unpaired) electrons. The number of fused-ring (bicyclic) bond motifs is 1. The summed E-state index contributed by atoms with van der Waals surface area (Å²) in [6.45, 7) is 0. The van der Waals surface area contributed by atoms with E-state index in [9.17, 15) is 0 Å². The molecule has 94 valence electrons. The van der Waals surface area contributed by atoms with Crippen LogP contribution in [0.25, 0.3) is 10.8 Å². The molecule has 0 saturated heterocycles. The lowest BCUT2D eigenvalue weighted by atomic mass is 10.1. The lowest BCUT2D eigenvalue weighted by Gasteiger charge is -2.09. The minimum atomic E-state index is 0.656. The van der Waals surface area contributed by atoms with Crippen molar-refractivity contribution < 1.29 is 4.74 Å². The second-order valence-electron chi connectivity index (χ2n) is 4.25. The summed E-state index contributed by atoms with van der Waals surface area (Å²) in [4.78, 5) is 4.20. The van der Waals surface area contributed by atoms with Gasteiger partial charge in [0, 0.05) is 23.0 Å². The van der Waals surface area contributed by atoms with Crippen molar-refractivity contribution in [2.24, 2.45) is 0 Å². The second kappa shape index (κ2) is 4.98. The largest absolute Gasteiger partial charge is 0.481 e. The third kappa shape index (κ3) is 2.36. The first kappa shape index (κ1) is 11.5. The van der Waals surface area contributed by atoms with Crippen LogP contribution in [0.2, 0.25) is 0 Å². The van der Waals surface area contributed by atoms with Gasteiger partial charge in [0.05, 0.1) is 7.11 Å². The van der Waals surface area contributed by atoms with Gasteiger partial charge in [-0.15, -0.1) is 0 Å². The Morgan fingerprint density at radius 2 is 1.79 bits per heavy atom. The topological polar surface area (TPSA) is 34.1 Å². The molecule has 0 unspecified atom stereocenters. The Morgan fingerprint density at radius 1 is 0.947 bits per heavy atom. The number of methoxy groups -OCH3 is 1. The highest BCUT2D eigenvalue weighted by molar-refractivity contribution is 5.90. The van der Waals surface area contributed by atoms with E-state index in [1.807, 2.05) is 48.5 Å². The van der Waals surface area contributed by atoms with Gasteiger partial charge in [-0.1, -0.05) is 18.2 Å². The van der Waals surface area contributed by atoms with E-state index in [1.54, 1.807) is 13.3 Å². The summed E-state index contributed by atoms with van der Waals surface area (Å²) in [6.07, 6.45) is 1.76. The molecule has 3 heteroatoms. The van der Waals surface area contributed by atoms with Gasteiger partial charge in [-0.2, -0.15) is 0 Å². The van der Waals surface area contributed by atoms with Gasteiger partial charge in [-0.3, -0.25) is 0 Å². The minimum Gasteiger partial charge on any atom is -0.481 e. The van der Waals surface area contributed by atoms with E-state index in [1.165, 1.54) is 0 Å². The van der Waals surface area contributed by atoms with Crippen LogP contribution in [-0.2, 0) is 0 Å². The molecule has 0 aliphatic heterocycles. The average molecular weight is 250 g/mol. The van der Waals surface area contributed by atoms with Crippen LogP contribution < -0.4 is 10.1 Å². The fourth-order valence-corrected chi connectivity index (χ4v) is 2.08. The van der Waals surface area contributed by atoms with Crippen molar-refractivity contribution in [1.29, 1.82) is 0 Å². The van der Waals surface area contributed by atoms with Gasteiger partial charge in [0.15, 0.2) is 0 Å². The highest BCUT2D eigenvalue weighted by atomic mass is 16.5. The Morgan fingerprint density at radius 3 is 2.58 bits per heavy atom. The van der Waals surface area contributed by atoms with Gasteiger partial charge in [0.1, 0.15) is 0 Å². The summed E-state index contributed by atoms with van der Waals surface area (Å²) in [5.41, 5.74) is 2.12. The molecule has 1 heterocycles. The lowest BCUT2D eigenvalue weighted by Crippen LogP contribution is -1.91. The van der Waals surface area contributed by atoms with E-state index < -0.39 is 0 Å². The van der Waals surface area contributed by atoms with Crippen LogP contribution >= 0.6 is 0 Å². The van der Waals surface area contributed by atoms with Gasteiger partial charge in [0.2, 0.25) is 5.88 Å². The third-order valence-corrected chi connectivity index (χ3v) is 2.98. The van der Waals surface area contributed by atoms with Crippen LogP contribution in [0.5, 0.6) is 5.88 Å². The molecule has 0 bridgehead atoms. The number of nitrogens with zero attached hydrogens (tertiary/aromatic N) is 1. The fraction of sp³-hybridized carbons (Fsp3) is 0.0625. The van der Waals surface area contributed by atoms with Crippen molar-refractivity contribution in [3.63, 3.8) is 0 Å². The maximum Gasteiger partial charge on any atom is 0.221 e. The van der Waals surface area contributed by atoms with Crippen molar-refractivity contribution in [3.05, 3.63) is 60.8 Å². The Hall–Kier alpha value is -2.55.